The normalized spacial score (nSPS) is 10.7. The van der Waals surface area contributed by atoms with Crippen LogP contribution in [0.15, 0.2) is 24.4 Å². The first-order valence-electron chi connectivity index (χ1n) is 5.74. The molecule has 0 bridgehead atoms. The molecule has 2 heterocycles. The van der Waals surface area contributed by atoms with Crippen LogP contribution in [-0.2, 0) is 0 Å². The van der Waals surface area contributed by atoms with Crippen LogP contribution in [0.1, 0.15) is 0 Å². The summed E-state index contributed by atoms with van der Waals surface area (Å²) >= 11 is 6.06. The van der Waals surface area contributed by atoms with E-state index in [0.717, 1.165) is 5.56 Å². The first-order valence-corrected chi connectivity index (χ1v) is 6.12. The van der Waals surface area contributed by atoms with Crippen molar-refractivity contribution in [1.29, 1.82) is 0 Å². The summed E-state index contributed by atoms with van der Waals surface area (Å²) in [6, 6.07) is 5.29. The summed E-state index contributed by atoms with van der Waals surface area (Å²) in [7, 11) is 1.58. The van der Waals surface area contributed by atoms with Gasteiger partial charge in [-0.15, -0.1) is 0 Å². The second-order valence-corrected chi connectivity index (χ2v) is 4.50. The highest BCUT2D eigenvalue weighted by Crippen LogP contribution is 2.40. The van der Waals surface area contributed by atoms with Gasteiger partial charge >= 0.3 is 0 Å². The molecule has 7 nitrogen and oxygen atoms in total. The number of rotatable bonds is 3. The van der Waals surface area contributed by atoms with Crippen molar-refractivity contribution in [1.82, 2.24) is 25.6 Å². The van der Waals surface area contributed by atoms with Gasteiger partial charge < -0.3 is 10.5 Å². The maximum atomic E-state index is 6.06. The maximum absolute atomic E-state index is 6.06. The molecule has 0 aliphatic heterocycles. The number of nitrogen functional groups attached to an aromatic ring is 1. The molecule has 20 heavy (non-hydrogen) atoms. The minimum absolute atomic E-state index is 0.337. The van der Waals surface area contributed by atoms with Gasteiger partial charge in [0, 0.05) is 10.6 Å². The molecule has 0 saturated carbocycles. The van der Waals surface area contributed by atoms with Crippen molar-refractivity contribution in [3.8, 4) is 28.3 Å². The van der Waals surface area contributed by atoms with Crippen molar-refractivity contribution in [2.45, 2.75) is 0 Å². The van der Waals surface area contributed by atoms with Gasteiger partial charge in [0.1, 0.15) is 11.4 Å². The number of anilines is 1. The largest absolute Gasteiger partial charge is 0.496 e. The monoisotopic (exact) mass is 290 g/mol. The van der Waals surface area contributed by atoms with Crippen molar-refractivity contribution in [3.05, 3.63) is 29.4 Å². The molecule has 0 unspecified atom stereocenters. The van der Waals surface area contributed by atoms with Crippen molar-refractivity contribution in [2.75, 3.05) is 12.8 Å². The molecule has 102 valence electrons. The minimum atomic E-state index is 0.337. The number of methoxy groups -OCH3 is 1. The highest BCUT2D eigenvalue weighted by Gasteiger charge is 2.20. The van der Waals surface area contributed by atoms with Crippen LogP contribution in [0.25, 0.3) is 22.5 Å². The Kier molecular flexibility index (Phi) is 3.03. The standard InChI is InChI=1S/C12H11ClN6O/c1-20-9-3-2-6(13)4-7(9)10-11(17-18-12(10)14)8-5-15-19-16-8/h2-5H,1H3,(H3,14,17,18)(H,15,16,19). The fourth-order valence-corrected chi connectivity index (χ4v) is 2.18. The summed E-state index contributed by atoms with van der Waals surface area (Å²) in [4.78, 5) is 0. The van der Waals surface area contributed by atoms with Gasteiger partial charge in [0.25, 0.3) is 0 Å². The number of H-pyrrole nitrogens is 2. The Morgan fingerprint density at radius 1 is 1.30 bits per heavy atom. The van der Waals surface area contributed by atoms with E-state index in [0.29, 0.717) is 33.5 Å². The predicted molar refractivity (Wildman–Crippen MR) is 75.4 cm³/mol. The lowest BCUT2D eigenvalue weighted by Gasteiger charge is -2.09. The third-order valence-electron chi connectivity index (χ3n) is 2.90. The zero-order valence-corrected chi connectivity index (χ0v) is 11.3. The van der Waals surface area contributed by atoms with Gasteiger partial charge in [-0.25, -0.2) is 0 Å². The van der Waals surface area contributed by atoms with Gasteiger partial charge in [-0.3, -0.25) is 5.10 Å². The number of benzene rings is 1. The topological polar surface area (TPSA) is 105 Å². The molecule has 0 radical (unpaired) electrons. The Morgan fingerprint density at radius 3 is 2.85 bits per heavy atom. The molecule has 2 aromatic heterocycles. The van der Waals surface area contributed by atoms with Crippen LogP contribution in [0, 0.1) is 0 Å². The lowest BCUT2D eigenvalue weighted by molar-refractivity contribution is 0.416. The average Bonchev–Trinajstić information content (AvgIpc) is 3.07. The molecule has 1 aromatic carbocycles. The van der Waals surface area contributed by atoms with E-state index in [1.807, 2.05) is 0 Å². The van der Waals surface area contributed by atoms with E-state index in [9.17, 15) is 0 Å². The van der Waals surface area contributed by atoms with E-state index in [2.05, 4.69) is 25.6 Å². The molecule has 0 saturated heterocycles. The number of hydrogen-bond donors (Lipinski definition) is 3. The zero-order chi connectivity index (χ0) is 14.1. The van der Waals surface area contributed by atoms with Crippen LogP contribution in [0.5, 0.6) is 5.75 Å². The number of aromatic nitrogens is 5. The summed E-state index contributed by atoms with van der Waals surface area (Å²) in [5.41, 5.74) is 8.63. The Morgan fingerprint density at radius 2 is 2.15 bits per heavy atom. The molecule has 8 heteroatoms. The van der Waals surface area contributed by atoms with Crippen LogP contribution in [-0.4, -0.2) is 32.7 Å². The van der Waals surface area contributed by atoms with E-state index < -0.39 is 0 Å². The minimum Gasteiger partial charge on any atom is -0.496 e. The number of nitrogens with two attached hydrogens (primary N) is 1. The van der Waals surface area contributed by atoms with Gasteiger partial charge in [0.2, 0.25) is 0 Å². The third kappa shape index (κ3) is 1.97. The molecule has 0 atom stereocenters. The van der Waals surface area contributed by atoms with Crippen LogP contribution >= 0.6 is 11.6 Å². The average molecular weight is 291 g/mol. The number of nitrogens with one attached hydrogen (secondary N) is 2. The Balaban J connectivity index is 2.25. The van der Waals surface area contributed by atoms with Gasteiger partial charge in [-0.05, 0) is 18.2 Å². The molecule has 0 amide bonds. The van der Waals surface area contributed by atoms with Crippen molar-refractivity contribution in [2.24, 2.45) is 0 Å². The van der Waals surface area contributed by atoms with Crippen LogP contribution in [0.3, 0.4) is 0 Å². The lowest BCUT2D eigenvalue weighted by Crippen LogP contribution is -1.93. The first kappa shape index (κ1) is 12.5. The second-order valence-electron chi connectivity index (χ2n) is 4.06. The molecule has 0 aliphatic carbocycles. The van der Waals surface area contributed by atoms with E-state index in [4.69, 9.17) is 22.1 Å². The number of aromatic amines is 2. The fourth-order valence-electron chi connectivity index (χ4n) is 2.01. The maximum Gasteiger partial charge on any atom is 0.153 e. The number of ether oxygens (including phenoxy) is 1. The highest BCUT2D eigenvalue weighted by atomic mass is 35.5. The molecule has 3 aromatic rings. The SMILES string of the molecule is COc1ccc(Cl)cc1-c1c(N)n[nH]c1-c1cn[nH]n1. The van der Waals surface area contributed by atoms with E-state index in [1.54, 1.807) is 31.5 Å². The zero-order valence-electron chi connectivity index (χ0n) is 10.5. The summed E-state index contributed by atoms with van der Waals surface area (Å²) < 4.78 is 5.35. The van der Waals surface area contributed by atoms with Crippen molar-refractivity contribution >= 4 is 17.4 Å². The number of hydrogen-bond acceptors (Lipinski definition) is 5. The van der Waals surface area contributed by atoms with E-state index in [1.165, 1.54) is 0 Å². The van der Waals surface area contributed by atoms with Crippen molar-refractivity contribution < 1.29 is 4.74 Å². The number of nitrogens with zero attached hydrogens (tertiary/aromatic N) is 3. The molecule has 4 N–H and O–H groups in total. The van der Waals surface area contributed by atoms with E-state index in [-0.39, 0.29) is 0 Å². The fraction of sp³-hybridized carbons (Fsp3) is 0.0833. The van der Waals surface area contributed by atoms with Crippen LogP contribution < -0.4 is 10.5 Å². The van der Waals surface area contributed by atoms with Gasteiger partial charge in [-0.1, -0.05) is 11.6 Å². The first-order chi connectivity index (χ1) is 9.70. The van der Waals surface area contributed by atoms with Crippen molar-refractivity contribution in [3.63, 3.8) is 0 Å². The molecule has 0 fully saturated rings. The molecular weight excluding hydrogens is 280 g/mol. The summed E-state index contributed by atoms with van der Waals surface area (Å²) in [5.74, 6) is 0.982. The Hall–Kier alpha value is -2.54. The lowest BCUT2D eigenvalue weighted by atomic mass is 10.0. The molecule has 0 aliphatic rings. The highest BCUT2D eigenvalue weighted by molar-refractivity contribution is 6.31. The van der Waals surface area contributed by atoms with Gasteiger partial charge in [0.05, 0.1) is 24.6 Å². The summed E-state index contributed by atoms with van der Waals surface area (Å²) in [6.45, 7) is 0. The van der Waals surface area contributed by atoms with Gasteiger partial charge in [0.15, 0.2) is 5.82 Å². The predicted octanol–water partition coefficient (Wildman–Crippen LogP) is 2.11. The van der Waals surface area contributed by atoms with Crippen LogP contribution in [0.2, 0.25) is 5.02 Å². The van der Waals surface area contributed by atoms with E-state index >= 15 is 0 Å². The quantitative estimate of drug-likeness (QED) is 0.685. The smallest absolute Gasteiger partial charge is 0.153 e. The molecule has 3 rings (SSSR count). The molecular formula is C12H11ClN6O. The van der Waals surface area contributed by atoms with Gasteiger partial charge in [-0.2, -0.15) is 20.5 Å². The Bertz CT molecular complexity index is 736. The molecule has 0 spiro atoms. The summed E-state index contributed by atoms with van der Waals surface area (Å²) in [5, 5.41) is 17.8. The Labute approximate surface area is 119 Å². The van der Waals surface area contributed by atoms with Crippen LogP contribution in [0.4, 0.5) is 5.82 Å². The number of halogens is 1. The second kappa shape index (κ2) is 4.86. The summed E-state index contributed by atoms with van der Waals surface area (Å²) in [6.07, 6.45) is 1.58. The third-order valence-corrected chi connectivity index (χ3v) is 3.13.